The maximum atomic E-state index is 12.7. The molecule has 9 heteroatoms. The third-order valence-corrected chi connectivity index (χ3v) is 6.94. The van der Waals surface area contributed by atoms with E-state index in [2.05, 4.69) is 31.3 Å². The van der Waals surface area contributed by atoms with Gasteiger partial charge in [0.25, 0.3) is 5.69 Å². The number of nitro groups is 1. The molecule has 3 rings (SSSR count). The second-order valence-electron chi connectivity index (χ2n) is 8.29. The van der Waals surface area contributed by atoms with Crippen molar-refractivity contribution in [2.24, 2.45) is 5.10 Å². The summed E-state index contributed by atoms with van der Waals surface area (Å²) in [6.45, 7) is 7.27. The maximum absolute atomic E-state index is 12.7. The highest BCUT2D eigenvalue weighted by Crippen LogP contribution is 2.30. The smallest absolute Gasteiger partial charge is 0.272 e. The van der Waals surface area contributed by atoms with Crippen LogP contribution in [0.5, 0.6) is 0 Å². The van der Waals surface area contributed by atoms with Crippen molar-refractivity contribution in [1.82, 2.24) is 4.31 Å². The van der Waals surface area contributed by atoms with Gasteiger partial charge in [-0.15, -0.1) is 0 Å². The van der Waals surface area contributed by atoms with Gasteiger partial charge in [0.15, 0.2) is 0 Å². The highest BCUT2D eigenvalue weighted by atomic mass is 32.2. The fourth-order valence-corrected chi connectivity index (χ4v) is 4.78. The second kappa shape index (κ2) is 8.53. The zero-order chi connectivity index (χ0) is 21.9. The summed E-state index contributed by atoms with van der Waals surface area (Å²) in [5.41, 5.74) is 4.52. The van der Waals surface area contributed by atoms with Crippen molar-refractivity contribution in [2.75, 3.05) is 18.5 Å². The zero-order valence-electron chi connectivity index (χ0n) is 17.3. The Bertz CT molecular complexity index is 1050. The molecule has 30 heavy (non-hydrogen) atoms. The largest absolute Gasteiger partial charge is 0.295 e. The minimum Gasteiger partial charge on any atom is -0.272 e. The summed E-state index contributed by atoms with van der Waals surface area (Å²) in [4.78, 5) is 10.8. The van der Waals surface area contributed by atoms with E-state index in [0.29, 0.717) is 13.1 Å². The molecule has 0 spiro atoms. The van der Waals surface area contributed by atoms with Crippen LogP contribution < -0.4 is 5.43 Å². The fourth-order valence-electron chi connectivity index (χ4n) is 3.24. The topological polar surface area (TPSA) is 105 Å². The number of rotatable bonds is 6. The summed E-state index contributed by atoms with van der Waals surface area (Å²) < 4.78 is 26.7. The molecule has 0 atom stereocenters. The number of sulfonamides is 1. The molecule has 2 aromatic rings. The van der Waals surface area contributed by atoms with Crippen molar-refractivity contribution in [3.8, 4) is 0 Å². The molecule has 160 valence electrons. The second-order valence-corrected chi connectivity index (χ2v) is 10.2. The highest BCUT2D eigenvalue weighted by molar-refractivity contribution is 7.89. The number of anilines is 1. The Morgan fingerprint density at radius 1 is 1.10 bits per heavy atom. The average Bonchev–Trinajstić information content (AvgIpc) is 3.23. The lowest BCUT2D eigenvalue weighted by molar-refractivity contribution is -0.384. The standard InChI is InChI=1S/C21H26N4O4S/c1-21(2,3)17-8-6-16(7-9-17)15-22-23-19-11-10-18(14-20(19)25(26)27)30(28,29)24-12-4-5-13-24/h6-11,14-15,23H,4-5,12-13H2,1-3H3. The zero-order valence-corrected chi connectivity index (χ0v) is 18.1. The third kappa shape index (κ3) is 4.85. The molecule has 1 heterocycles. The van der Waals surface area contributed by atoms with Crippen LogP contribution >= 0.6 is 0 Å². The molecule has 0 bridgehead atoms. The Hall–Kier alpha value is -2.78. The lowest BCUT2D eigenvalue weighted by Crippen LogP contribution is -2.27. The SMILES string of the molecule is CC(C)(C)c1ccc(C=NNc2ccc(S(=O)(=O)N3CCCC3)cc2[N+](=O)[O-])cc1. The first-order valence-corrected chi connectivity index (χ1v) is 11.2. The van der Waals surface area contributed by atoms with Gasteiger partial charge in [0.05, 0.1) is 16.0 Å². The number of benzene rings is 2. The Labute approximate surface area is 176 Å². The van der Waals surface area contributed by atoms with Crippen LogP contribution in [0.1, 0.15) is 44.7 Å². The van der Waals surface area contributed by atoms with Crippen LogP contribution in [0.4, 0.5) is 11.4 Å². The number of hydrazone groups is 1. The number of nitrogens with one attached hydrogen (secondary N) is 1. The molecule has 0 saturated carbocycles. The van der Waals surface area contributed by atoms with Crippen LogP contribution in [0, 0.1) is 10.1 Å². The van der Waals surface area contributed by atoms with Gasteiger partial charge >= 0.3 is 0 Å². The summed E-state index contributed by atoms with van der Waals surface area (Å²) in [5, 5.41) is 15.6. The molecule has 0 aromatic heterocycles. The van der Waals surface area contributed by atoms with E-state index in [1.807, 2.05) is 24.3 Å². The molecular weight excluding hydrogens is 404 g/mol. The number of nitro benzene ring substituents is 1. The van der Waals surface area contributed by atoms with Gasteiger partial charge in [-0.25, -0.2) is 8.42 Å². The first-order chi connectivity index (χ1) is 14.1. The van der Waals surface area contributed by atoms with Gasteiger partial charge in [0.1, 0.15) is 5.69 Å². The number of hydrogen-bond donors (Lipinski definition) is 1. The van der Waals surface area contributed by atoms with Crippen LogP contribution in [-0.2, 0) is 15.4 Å². The van der Waals surface area contributed by atoms with Crippen LogP contribution in [-0.4, -0.2) is 37.0 Å². The molecule has 0 unspecified atom stereocenters. The van der Waals surface area contributed by atoms with E-state index in [1.165, 1.54) is 22.0 Å². The third-order valence-electron chi connectivity index (χ3n) is 5.04. The summed E-state index contributed by atoms with van der Waals surface area (Å²) in [5.74, 6) is 0. The Morgan fingerprint density at radius 3 is 2.30 bits per heavy atom. The summed E-state index contributed by atoms with van der Waals surface area (Å²) in [7, 11) is -3.73. The number of nitrogens with zero attached hydrogens (tertiary/aromatic N) is 3. The molecule has 1 fully saturated rings. The van der Waals surface area contributed by atoms with Crippen molar-refractivity contribution >= 4 is 27.6 Å². The molecule has 1 N–H and O–H groups in total. The molecule has 2 aromatic carbocycles. The Balaban J connectivity index is 1.79. The van der Waals surface area contributed by atoms with Crippen molar-refractivity contribution in [3.63, 3.8) is 0 Å². The summed E-state index contributed by atoms with van der Waals surface area (Å²) in [6, 6.07) is 11.7. The van der Waals surface area contributed by atoms with Crippen molar-refractivity contribution < 1.29 is 13.3 Å². The molecule has 0 radical (unpaired) electrons. The van der Waals surface area contributed by atoms with E-state index in [-0.39, 0.29) is 21.7 Å². The first-order valence-electron chi connectivity index (χ1n) is 9.77. The van der Waals surface area contributed by atoms with Gasteiger partial charge in [-0.05, 0) is 41.5 Å². The van der Waals surface area contributed by atoms with Crippen LogP contribution in [0.3, 0.4) is 0 Å². The van der Waals surface area contributed by atoms with Gasteiger partial charge in [0, 0.05) is 19.2 Å². The molecule has 1 aliphatic heterocycles. The lowest BCUT2D eigenvalue weighted by Gasteiger charge is -2.18. The first kappa shape index (κ1) is 21.9. The predicted octanol–water partition coefficient (Wildman–Crippen LogP) is 4.12. The summed E-state index contributed by atoms with van der Waals surface area (Å²) in [6.07, 6.45) is 3.16. The van der Waals surface area contributed by atoms with Crippen molar-refractivity contribution in [1.29, 1.82) is 0 Å². The normalized spacial score (nSPS) is 15.6. The van der Waals surface area contributed by atoms with Gasteiger partial charge in [-0.1, -0.05) is 45.0 Å². The van der Waals surface area contributed by atoms with Gasteiger partial charge in [0.2, 0.25) is 10.0 Å². The highest BCUT2D eigenvalue weighted by Gasteiger charge is 2.29. The Kier molecular flexibility index (Phi) is 6.23. The minimum atomic E-state index is -3.73. The molecular formula is C21H26N4O4S. The van der Waals surface area contributed by atoms with Crippen molar-refractivity contribution in [3.05, 3.63) is 63.7 Å². The van der Waals surface area contributed by atoms with E-state index in [0.717, 1.165) is 24.5 Å². The fraction of sp³-hybridized carbons (Fsp3) is 0.381. The summed E-state index contributed by atoms with van der Waals surface area (Å²) >= 11 is 0. The van der Waals surface area contributed by atoms with Gasteiger partial charge < -0.3 is 0 Å². The van der Waals surface area contributed by atoms with Gasteiger partial charge in [-0.3, -0.25) is 15.5 Å². The molecule has 1 saturated heterocycles. The Morgan fingerprint density at radius 2 is 1.73 bits per heavy atom. The van der Waals surface area contributed by atoms with E-state index < -0.39 is 14.9 Å². The molecule has 1 aliphatic rings. The molecule has 0 amide bonds. The van der Waals surface area contributed by atoms with Crippen LogP contribution in [0.15, 0.2) is 52.5 Å². The lowest BCUT2D eigenvalue weighted by atomic mass is 9.87. The monoisotopic (exact) mass is 430 g/mol. The van der Waals surface area contributed by atoms with Crippen LogP contribution in [0.2, 0.25) is 0 Å². The van der Waals surface area contributed by atoms with E-state index in [9.17, 15) is 18.5 Å². The number of hydrogen-bond acceptors (Lipinski definition) is 6. The molecule has 8 nitrogen and oxygen atoms in total. The maximum Gasteiger partial charge on any atom is 0.295 e. The van der Waals surface area contributed by atoms with Crippen LogP contribution in [0.25, 0.3) is 0 Å². The minimum absolute atomic E-state index is 0.0473. The average molecular weight is 431 g/mol. The van der Waals surface area contributed by atoms with Gasteiger partial charge in [-0.2, -0.15) is 9.41 Å². The van der Waals surface area contributed by atoms with E-state index in [1.54, 1.807) is 6.21 Å². The molecule has 0 aliphatic carbocycles. The van der Waals surface area contributed by atoms with E-state index >= 15 is 0 Å². The van der Waals surface area contributed by atoms with Crippen molar-refractivity contribution in [2.45, 2.75) is 43.9 Å². The van der Waals surface area contributed by atoms with E-state index in [4.69, 9.17) is 0 Å². The quantitative estimate of drug-likeness (QED) is 0.422. The predicted molar refractivity (Wildman–Crippen MR) is 117 cm³/mol.